The van der Waals surface area contributed by atoms with Crippen molar-refractivity contribution < 1.29 is 0 Å². The van der Waals surface area contributed by atoms with E-state index in [1.807, 2.05) is 11.9 Å². The Morgan fingerprint density at radius 2 is 2.22 bits per heavy atom. The van der Waals surface area contributed by atoms with Crippen molar-refractivity contribution in [2.24, 2.45) is 5.92 Å². The monoisotopic (exact) mass is 250 g/mol. The van der Waals surface area contributed by atoms with Crippen LogP contribution in [0.1, 0.15) is 19.8 Å². The van der Waals surface area contributed by atoms with E-state index < -0.39 is 0 Å². The normalized spacial score (nSPS) is 16.8. The maximum Gasteiger partial charge on any atom is 0.268 e. The molecule has 0 spiro atoms. The van der Waals surface area contributed by atoms with Crippen molar-refractivity contribution in [3.05, 3.63) is 22.6 Å². The van der Waals surface area contributed by atoms with Gasteiger partial charge >= 0.3 is 0 Å². The molecule has 18 heavy (non-hydrogen) atoms. The minimum Gasteiger partial charge on any atom is -0.373 e. The first kappa shape index (κ1) is 13.1. The van der Waals surface area contributed by atoms with E-state index in [0.717, 1.165) is 44.7 Å². The summed E-state index contributed by atoms with van der Waals surface area (Å²) in [6.45, 7) is 5.78. The summed E-state index contributed by atoms with van der Waals surface area (Å²) in [4.78, 5) is 14.0. The van der Waals surface area contributed by atoms with Crippen molar-refractivity contribution in [3.8, 4) is 0 Å². The SMILES string of the molecule is CCN(C)c1cnn(CC2CCNCC2)c(=O)c1. The van der Waals surface area contributed by atoms with Gasteiger partial charge in [0.25, 0.3) is 5.56 Å². The Kier molecular flexibility index (Phi) is 4.36. The van der Waals surface area contributed by atoms with Crippen LogP contribution in [0.4, 0.5) is 5.69 Å². The average molecular weight is 250 g/mol. The summed E-state index contributed by atoms with van der Waals surface area (Å²) in [6.07, 6.45) is 4.04. The molecular weight excluding hydrogens is 228 g/mol. The van der Waals surface area contributed by atoms with E-state index in [4.69, 9.17) is 0 Å². The Morgan fingerprint density at radius 1 is 1.50 bits per heavy atom. The van der Waals surface area contributed by atoms with Gasteiger partial charge in [-0.2, -0.15) is 5.10 Å². The van der Waals surface area contributed by atoms with Gasteiger partial charge in [0.15, 0.2) is 0 Å². The average Bonchev–Trinajstić information content (AvgIpc) is 2.41. The molecule has 1 N–H and O–H groups in total. The lowest BCUT2D eigenvalue weighted by molar-refractivity contribution is 0.315. The highest BCUT2D eigenvalue weighted by Gasteiger charge is 2.14. The molecule has 0 atom stereocenters. The van der Waals surface area contributed by atoms with Crippen LogP contribution in [-0.4, -0.2) is 36.5 Å². The van der Waals surface area contributed by atoms with Gasteiger partial charge in [-0.15, -0.1) is 0 Å². The Morgan fingerprint density at radius 3 is 2.83 bits per heavy atom. The maximum absolute atomic E-state index is 12.0. The lowest BCUT2D eigenvalue weighted by Crippen LogP contribution is -2.33. The van der Waals surface area contributed by atoms with E-state index in [9.17, 15) is 4.79 Å². The largest absolute Gasteiger partial charge is 0.373 e. The predicted octanol–water partition coefficient (Wildman–Crippen LogP) is 0.699. The number of piperidine rings is 1. The van der Waals surface area contributed by atoms with E-state index in [-0.39, 0.29) is 5.56 Å². The second-order valence-electron chi connectivity index (χ2n) is 4.94. The molecule has 1 aliphatic rings. The summed E-state index contributed by atoms with van der Waals surface area (Å²) in [5, 5.41) is 7.62. The van der Waals surface area contributed by atoms with Crippen LogP contribution in [0.25, 0.3) is 0 Å². The van der Waals surface area contributed by atoms with Crippen molar-refractivity contribution >= 4 is 5.69 Å². The molecule has 1 fully saturated rings. The summed E-state index contributed by atoms with van der Waals surface area (Å²) in [5.41, 5.74) is 0.899. The molecule has 100 valence electrons. The fourth-order valence-corrected chi connectivity index (χ4v) is 2.26. The number of nitrogens with one attached hydrogen (secondary N) is 1. The second kappa shape index (κ2) is 6.00. The van der Waals surface area contributed by atoms with Crippen molar-refractivity contribution in [3.63, 3.8) is 0 Å². The van der Waals surface area contributed by atoms with Gasteiger partial charge < -0.3 is 10.2 Å². The van der Waals surface area contributed by atoms with Crippen molar-refractivity contribution in [1.82, 2.24) is 15.1 Å². The summed E-state index contributed by atoms with van der Waals surface area (Å²) < 4.78 is 1.60. The van der Waals surface area contributed by atoms with Crippen LogP contribution in [0.5, 0.6) is 0 Å². The molecule has 2 rings (SSSR count). The summed E-state index contributed by atoms with van der Waals surface area (Å²) in [5.74, 6) is 0.575. The van der Waals surface area contributed by atoms with Gasteiger partial charge in [-0.3, -0.25) is 4.79 Å². The minimum atomic E-state index is 0.00586. The molecule has 0 saturated carbocycles. The van der Waals surface area contributed by atoms with Gasteiger partial charge in [-0.1, -0.05) is 0 Å². The van der Waals surface area contributed by atoms with Gasteiger partial charge in [0, 0.05) is 26.2 Å². The maximum atomic E-state index is 12.0. The van der Waals surface area contributed by atoms with Crippen LogP contribution in [0.15, 0.2) is 17.1 Å². The molecule has 1 aromatic rings. The van der Waals surface area contributed by atoms with Crippen LogP contribution < -0.4 is 15.8 Å². The third-order valence-corrected chi connectivity index (χ3v) is 3.66. The number of rotatable bonds is 4. The molecule has 2 heterocycles. The Hall–Kier alpha value is -1.36. The topological polar surface area (TPSA) is 50.2 Å². The van der Waals surface area contributed by atoms with E-state index in [1.165, 1.54) is 0 Å². The number of nitrogens with zero attached hydrogens (tertiary/aromatic N) is 3. The van der Waals surface area contributed by atoms with E-state index >= 15 is 0 Å². The highest BCUT2D eigenvalue weighted by Crippen LogP contribution is 2.13. The van der Waals surface area contributed by atoms with Gasteiger partial charge in [0.2, 0.25) is 0 Å². The number of anilines is 1. The van der Waals surface area contributed by atoms with Crippen LogP contribution in [-0.2, 0) is 6.54 Å². The molecule has 0 aliphatic carbocycles. The lowest BCUT2D eigenvalue weighted by atomic mass is 9.98. The van der Waals surface area contributed by atoms with E-state index in [1.54, 1.807) is 16.9 Å². The quantitative estimate of drug-likeness (QED) is 0.854. The highest BCUT2D eigenvalue weighted by atomic mass is 16.1. The molecule has 1 aliphatic heterocycles. The first-order valence-electron chi connectivity index (χ1n) is 6.69. The summed E-state index contributed by atoms with van der Waals surface area (Å²) in [7, 11) is 1.97. The zero-order chi connectivity index (χ0) is 13.0. The predicted molar refractivity (Wildman–Crippen MR) is 73.0 cm³/mol. The zero-order valence-electron chi connectivity index (χ0n) is 11.2. The zero-order valence-corrected chi connectivity index (χ0v) is 11.2. The molecule has 0 amide bonds. The lowest BCUT2D eigenvalue weighted by Gasteiger charge is -2.23. The third-order valence-electron chi connectivity index (χ3n) is 3.66. The summed E-state index contributed by atoms with van der Waals surface area (Å²) >= 11 is 0. The first-order chi connectivity index (χ1) is 8.70. The van der Waals surface area contributed by atoms with Crippen LogP contribution in [0.2, 0.25) is 0 Å². The van der Waals surface area contributed by atoms with Crippen molar-refractivity contribution in [1.29, 1.82) is 0 Å². The van der Waals surface area contributed by atoms with Gasteiger partial charge in [-0.25, -0.2) is 4.68 Å². The Balaban J connectivity index is 2.07. The molecule has 5 nitrogen and oxygen atoms in total. The first-order valence-corrected chi connectivity index (χ1v) is 6.69. The van der Waals surface area contributed by atoms with Gasteiger partial charge in [0.1, 0.15) is 0 Å². The second-order valence-corrected chi connectivity index (χ2v) is 4.94. The van der Waals surface area contributed by atoms with Gasteiger partial charge in [0.05, 0.1) is 11.9 Å². The fraction of sp³-hybridized carbons (Fsp3) is 0.692. The number of aromatic nitrogens is 2. The Labute approximate surface area is 108 Å². The molecule has 0 unspecified atom stereocenters. The highest BCUT2D eigenvalue weighted by molar-refractivity contribution is 5.41. The molecule has 5 heteroatoms. The van der Waals surface area contributed by atoms with E-state index in [0.29, 0.717) is 5.92 Å². The van der Waals surface area contributed by atoms with Crippen LogP contribution in [0.3, 0.4) is 0 Å². The van der Waals surface area contributed by atoms with Gasteiger partial charge in [-0.05, 0) is 38.8 Å². The number of hydrogen-bond donors (Lipinski definition) is 1. The number of hydrogen-bond acceptors (Lipinski definition) is 4. The molecule has 1 saturated heterocycles. The molecule has 1 aromatic heterocycles. The molecular formula is C13H22N4O. The van der Waals surface area contributed by atoms with Crippen molar-refractivity contribution in [2.75, 3.05) is 31.6 Å². The third kappa shape index (κ3) is 3.10. The minimum absolute atomic E-state index is 0.00586. The molecule has 0 aromatic carbocycles. The smallest absolute Gasteiger partial charge is 0.268 e. The van der Waals surface area contributed by atoms with E-state index in [2.05, 4.69) is 17.3 Å². The van der Waals surface area contributed by atoms with Crippen LogP contribution >= 0.6 is 0 Å². The van der Waals surface area contributed by atoms with Crippen molar-refractivity contribution in [2.45, 2.75) is 26.3 Å². The standard InChI is InChI=1S/C13H22N4O/c1-3-16(2)12-8-13(18)17(15-9-12)10-11-4-6-14-7-5-11/h8-9,11,14H,3-7,10H2,1-2H3. The van der Waals surface area contributed by atoms with Crippen LogP contribution in [0, 0.1) is 5.92 Å². The molecule has 0 bridgehead atoms. The Bertz CT molecular complexity index is 437. The summed E-state index contributed by atoms with van der Waals surface area (Å²) in [6, 6.07) is 1.68. The fourth-order valence-electron chi connectivity index (χ4n) is 2.26. The molecule has 0 radical (unpaired) electrons.